The summed E-state index contributed by atoms with van der Waals surface area (Å²) in [6, 6.07) is 15.3. The van der Waals surface area contributed by atoms with E-state index in [0.29, 0.717) is 24.6 Å². The molecule has 1 aliphatic rings. The van der Waals surface area contributed by atoms with Crippen molar-refractivity contribution in [3.05, 3.63) is 74.6 Å². The Bertz CT molecular complexity index is 1000. The Labute approximate surface area is 190 Å². The molecular formula is C24H26N2O3S2. The lowest BCUT2D eigenvalue weighted by atomic mass is 10.0. The highest BCUT2D eigenvalue weighted by atomic mass is 32.1. The SMILES string of the molecule is CCCN(CC(=O)N1CCc2sccc2[C@H]1COc1ccccc1)C(=O)c1cccs1. The van der Waals surface area contributed by atoms with Gasteiger partial charge in [-0.2, -0.15) is 0 Å². The van der Waals surface area contributed by atoms with Gasteiger partial charge in [-0.1, -0.05) is 31.2 Å². The first-order valence-electron chi connectivity index (χ1n) is 10.5. The van der Waals surface area contributed by atoms with E-state index >= 15 is 0 Å². The van der Waals surface area contributed by atoms with E-state index in [9.17, 15) is 9.59 Å². The number of nitrogens with zero attached hydrogens (tertiary/aromatic N) is 2. The van der Waals surface area contributed by atoms with Crippen molar-refractivity contribution in [3.63, 3.8) is 0 Å². The van der Waals surface area contributed by atoms with Crippen molar-refractivity contribution in [2.75, 3.05) is 26.2 Å². The number of carbonyl (C=O) groups excluding carboxylic acids is 2. The molecule has 4 rings (SSSR count). The predicted octanol–water partition coefficient (Wildman–Crippen LogP) is 4.87. The lowest BCUT2D eigenvalue weighted by Crippen LogP contribution is -2.47. The average molecular weight is 455 g/mol. The van der Waals surface area contributed by atoms with Crippen molar-refractivity contribution in [2.24, 2.45) is 0 Å². The Morgan fingerprint density at radius 1 is 1.10 bits per heavy atom. The highest BCUT2D eigenvalue weighted by molar-refractivity contribution is 7.12. The standard InChI is InChI=1S/C24H26N2O3S2/c1-2-12-25(24(28)22-9-6-14-30-22)16-23(27)26-13-10-21-19(11-15-31-21)20(26)17-29-18-7-4-3-5-8-18/h3-9,11,14-15,20H,2,10,12-13,16-17H2,1H3/t20-/m1/s1. The number of fused-ring (bicyclic) bond motifs is 1. The van der Waals surface area contributed by atoms with Crippen molar-refractivity contribution in [2.45, 2.75) is 25.8 Å². The molecule has 1 atom stereocenters. The highest BCUT2D eigenvalue weighted by Gasteiger charge is 2.33. The van der Waals surface area contributed by atoms with Crippen LogP contribution in [0.3, 0.4) is 0 Å². The first kappa shape index (κ1) is 21.6. The van der Waals surface area contributed by atoms with Crippen molar-refractivity contribution >= 4 is 34.5 Å². The van der Waals surface area contributed by atoms with Crippen LogP contribution >= 0.6 is 22.7 Å². The molecule has 0 spiro atoms. The summed E-state index contributed by atoms with van der Waals surface area (Å²) in [5.74, 6) is 0.685. The van der Waals surface area contributed by atoms with Crippen LogP contribution in [0.25, 0.3) is 0 Å². The Hall–Kier alpha value is -2.64. The second kappa shape index (κ2) is 10.1. The highest BCUT2D eigenvalue weighted by Crippen LogP contribution is 2.34. The normalized spacial score (nSPS) is 15.4. The predicted molar refractivity (Wildman–Crippen MR) is 125 cm³/mol. The van der Waals surface area contributed by atoms with Crippen LogP contribution in [-0.2, 0) is 11.2 Å². The third kappa shape index (κ3) is 4.99. The monoisotopic (exact) mass is 454 g/mol. The first-order chi connectivity index (χ1) is 15.2. The minimum Gasteiger partial charge on any atom is -0.491 e. The van der Waals surface area contributed by atoms with Gasteiger partial charge in [-0.15, -0.1) is 22.7 Å². The summed E-state index contributed by atoms with van der Waals surface area (Å²) in [5, 5.41) is 3.97. The van der Waals surface area contributed by atoms with E-state index in [-0.39, 0.29) is 24.4 Å². The average Bonchev–Trinajstić information content (AvgIpc) is 3.49. The summed E-state index contributed by atoms with van der Waals surface area (Å²) in [6.07, 6.45) is 1.65. The van der Waals surface area contributed by atoms with Gasteiger partial charge in [0, 0.05) is 18.0 Å². The molecule has 0 N–H and O–H groups in total. The smallest absolute Gasteiger partial charge is 0.264 e. The number of benzene rings is 1. The molecule has 0 fully saturated rings. The lowest BCUT2D eigenvalue weighted by molar-refractivity contribution is -0.135. The molecule has 162 valence electrons. The van der Waals surface area contributed by atoms with Gasteiger partial charge in [0.1, 0.15) is 18.9 Å². The summed E-state index contributed by atoms with van der Waals surface area (Å²) >= 11 is 3.14. The molecule has 1 aromatic carbocycles. The van der Waals surface area contributed by atoms with Crippen molar-refractivity contribution in [3.8, 4) is 5.75 Å². The molecule has 7 heteroatoms. The van der Waals surface area contributed by atoms with Crippen LogP contribution in [-0.4, -0.2) is 47.9 Å². The van der Waals surface area contributed by atoms with Gasteiger partial charge in [-0.25, -0.2) is 0 Å². The van der Waals surface area contributed by atoms with Crippen molar-refractivity contribution in [1.82, 2.24) is 9.80 Å². The second-order valence-electron chi connectivity index (χ2n) is 7.48. The van der Waals surface area contributed by atoms with Gasteiger partial charge >= 0.3 is 0 Å². The van der Waals surface area contributed by atoms with Crippen LogP contribution in [0.5, 0.6) is 5.75 Å². The molecular weight excluding hydrogens is 428 g/mol. The quantitative estimate of drug-likeness (QED) is 0.488. The molecule has 3 aromatic rings. The number of para-hydroxylation sites is 1. The summed E-state index contributed by atoms with van der Waals surface area (Å²) < 4.78 is 6.04. The van der Waals surface area contributed by atoms with Crippen LogP contribution in [0.1, 0.15) is 39.5 Å². The van der Waals surface area contributed by atoms with Gasteiger partial charge in [0.2, 0.25) is 5.91 Å². The van der Waals surface area contributed by atoms with Crippen LogP contribution in [0, 0.1) is 0 Å². The Kier molecular flexibility index (Phi) is 7.04. The van der Waals surface area contributed by atoms with Crippen LogP contribution in [0.15, 0.2) is 59.3 Å². The number of carbonyl (C=O) groups is 2. The van der Waals surface area contributed by atoms with Gasteiger partial charge in [0.05, 0.1) is 10.9 Å². The maximum Gasteiger partial charge on any atom is 0.264 e. The molecule has 0 unspecified atom stereocenters. The minimum atomic E-state index is -0.150. The van der Waals surface area contributed by atoms with Gasteiger partial charge < -0.3 is 14.5 Å². The number of thiophene rings is 2. The number of hydrogen-bond donors (Lipinski definition) is 0. The molecule has 0 bridgehead atoms. The van der Waals surface area contributed by atoms with Gasteiger partial charge in [-0.05, 0) is 53.4 Å². The molecule has 31 heavy (non-hydrogen) atoms. The zero-order valence-electron chi connectivity index (χ0n) is 17.5. The van der Waals surface area contributed by atoms with E-state index in [1.807, 2.05) is 59.7 Å². The molecule has 3 heterocycles. The van der Waals surface area contributed by atoms with E-state index < -0.39 is 0 Å². The van der Waals surface area contributed by atoms with Gasteiger partial charge in [0.15, 0.2) is 0 Å². The Morgan fingerprint density at radius 3 is 2.68 bits per heavy atom. The fourth-order valence-corrected chi connectivity index (χ4v) is 5.52. The maximum absolute atomic E-state index is 13.4. The molecule has 0 saturated heterocycles. The summed E-state index contributed by atoms with van der Waals surface area (Å²) in [4.78, 5) is 31.8. The molecule has 0 aliphatic carbocycles. The summed E-state index contributed by atoms with van der Waals surface area (Å²) in [7, 11) is 0. The summed E-state index contributed by atoms with van der Waals surface area (Å²) in [5.41, 5.74) is 1.16. The third-order valence-electron chi connectivity index (χ3n) is 5.41. The number of amides is 2. The second-order valence-corrected chi connectivity index (χ2v) is 9.43. The van der Waals surface area contributed by atoms with E-state index in [4.69, 9.17) is 4.74 Å². The van der Waals surface area contributed by atoms with Crippen LogP contribution < -0.4 is 4.74 Å². The Morgan fingerprint density at radius 2 is 1.94 bits per heavy atom. The van der Waals surface area contributed by atoms with Gasteiger partial charge in [0.25, 0.3) is 5.91 Å². The van der Waals surface area contributed by atoms with E-state index in [0.717, 1.165) is 24.2 Å². The molecule has 1 aliphatic heterocycles. The lowest BCUT2D eigenvalue weighted by Gasteiger charge is -2.37. The zero-order valence-corrected chi connectivity index (χ0v) is 19.2. The number of hydrogen-bond acceptors (Lipinski definition) is 5. The zero-order chi connectivity index (χ0) is 21.6. The Balaban J connectivity index is 1.51. The minimum absolute atomic E-state index is 0.0307. The molecule has 0 radical (unpaired) electrons. The first-order valence-corrected chi connectivity index (χ1v) is 12.3. The van der Waals surface area contributed by atoms with Crippen LogP contribution in [0.4, 0.5) is 0 Å². The van der Waals surface area contributed by atoms with E-state index in [1.165, 1.54) is 16.2 Å². The van der Waals surface area contributed by atoms with Gasteiger partial charge in [-0.3, -0.25) is 9.59 Å². The molecule has 0 saturated carbocycles. The summed E-state index contributed by atoms with van der Waals surface area (Å²) in [6.45, 7) is 3.71. The fourth-order valence-electron chi connectivity index (χ4n) is 3.90. The fraction of sp³-hybridized carbons (Fsp3) is 0.333. The van der Waals surface area contributed by atoms with E-state index in [2.05, 4.69) is 11.4 Å². The van der Waals surface area contributed by atoms with Crippen molar-refractivity contribution in [1.29, 1.82) is 0 Å². The van der Waals surface area contributed by atoms with Crippen molar-refractivity contribution < 1.29 is 14.3 Å². The maximum atomic E-state index is 13.4. The molecule has 2 amide bonds. The topological polar surface area (TPSA) is 49.9 Å². The van der Waals surface area contributed by atoms with Crippen LogP contribution in [0.2, 0.25) is 0 Å². The number of rotatable bonds is 8. The molecule has 5 nitrogen and oxygen atoms in total. The molecule has 2 aromatic heterocycles. The number of ether oxygens (including phenoxy) is 1. The third-order valence-corrected chi connectivity index (χ3v) is 7.26. The van der Waals surface area contributed by atoms with E-state index in [1.54, 1.807) is 16.2 Å². The largest absolute Gasteiger partial charge is 0.491 e.